The second kappa shape index (κ2) is 7.07. The Hall–Kier alpha value is -0.410. The van der Waals surface area contributed by atoms with Gasteiger partial charge in [0, 0.05) is 36.0 Å². The number of Topliss-reactive ketones (excluding diaryl/α,β-unsaturated/α-hetero) is 1. The van der Waals surface area contributed by atoms with E-state index in [1.54, 1.807) is 0 Å². The normalized spacial score (nSPS) is 35.8. The lowest BCUT2D eigenvalue weighted by Gasteiger charge is -2.46. The maximum Gasteiger partial charge on any atom is 0.141 e. The van der Waals surface area contributed by atoms with E-state index in [4.69, 9.17) is 0 Å². The summed E-state index contributed by atoms with van der Waals surface area (Å²) in [6.45, 7) is 1.89. The lowest BCUT2D eigenvalue weighted by Crippen LogP contribution is -2.56. The Bertz CT molecular complexity index is 389. The molecule has 3 nitrogen and oxygen atoms in total. The Kier molecular flexibility index (Phi) is 5.02. The molecule has 3 heteroatoms. The van der Waals surface area contributed by atoms with E-state index in [0.717, 1.165) is 25.9 Å². The minimum atomic E-state index is 0.282. The van der Waals surface area contributed by atoms with Gasteiger partial charge < -0.3 is 10.6 Å². The van der Waals surface area contributed by atoms with Crippen molar-refractivity contribution in [3.05, 3.63) is 0 Å². The highest BCUT2D eigenvalue weighted by Crippen LogP contribution is 2.39. The lowest BCUT2D eigenvalue weighted by molar-refractivity contribution is -0.129. The number of hydrogen-bond donors (Lipinski definition) is 2. The zero-order chi connectivity index (χ0) is 16.5. The van der Waals surface area contributed by atoms with Gasteiger partial charge in [0.05, 0.1) is 0 Å². The molecule has 0 aromatic rings. The molecule has 2 unspecified atom stereocenters. The molecule has 2 aliphatic heterocycles. The SMILES string of the molecule is O=C(C1CCC2(CCCCC2)NC1)C1CCC2(CCCCC2)NC1. The summed E-state index contributed by atoms with van der Waals surface area (Å²) in [4.78, 5) is 13.0. The van der Waals surface area contributed by atoms with Gasteiger partial charge in [0.1, 0.15) is 5.78 Å². The van der Waals surface area contributed by atoms with Gasteiger partial charge in [-0.3, -0.25) is 4.79 Å². The first-order valence-electron chi connectivity index (χ1n) is 10.7. The number of carbonyl (C=O) groups excluding carboxylic acids is 1. The quantitative estimate of drug-likeness (QED) is 0.804. The fraction of sp³-hybridized carbons (Fsp3) is 0.952. The third-order valence-electron chi connectivity index (χ3n) is 7.82. The van der Waals surface area contributed by atoms with E-state index >= 15 is 0 Å². The highest BCUT2D eigenvalue weighted by molar-refractivity contribution is 5.84. The van der Waals surface area contributed by atoms with E-state index < -0.39 is 0 Å². The van der Waals surface area contributed by atoms with Gasteiger partial charge in [-0.1, -0.05) is 38.5 Å². The van der Waals surface area contributed by atoms with Gasteiger partial charge in [-0.2, -0.15) is 0 Å². The maximum atomic E-state index is 13.0. The maximum absolute atomic E-state index is 13.0. The molecule has 2 spiro atoms. The van der Waals surface area contributed by atoms with Crippen molar-refractivity contribution in [1.82, 2.24) is 10.6 Å². The van der Waals surface area contributed by atoms with Crippen molar-refractivity contribution >= 4 is 5.78 Å². The van der Waals surface area contributed by atoms with Crippen LogP contribution in [0.1, 0.15) is 89.9 Å². The summed E-state index contributed by atoms with van der Waals surface area (Å²) in [5.74, 6) is 1.13. The zero-order valence-corrected chi connectivity index (χ0v) is 15.4. The molecule has 136 valence electrons. The predicted octanol–water partition coefficient (Wildman–Crippen LogP) is 3.96. The highest BCUT2D eigenvalue weighted by atomic mass is 16.1. The number of ketones is 1. The predicted molar refractivity (Wildman–Crippen MR) is 98.1 cm³/mol. The molecule has 4 rings (SSSR count). The summed E-state index contributed by atoms with van der Waals surface area (Å²) >= 11 is 0. The number of piperidine rings is 2. The Morgan fingerprint density at radius 1 is 0.625 bits per heavy atom. The molecule has 2 atom stereocenters. The van der Waals surface area contributed by atoms with Crippen molar-refractivity contribution in [3.8, 4) is 0 Å². The number of carbonyl (C=O) groups is 1. The molecule has 2 aliphatic carbocycles. The average Bonchev–Trinajstić information content (AvgIpc) is 2.64. The van der Waals surface area contributed by atoms with Gasteiger partial charge in [-0.15, -0.1) is 0 Å². The molecule has 2 heterocycles. The third-order valence-corrected chi connectivity index (χ3v) is 7.82. The number of hydrogen-bond acceptors (Lipinski definition) is 3. The van der Waals surface area contributed by atoms with E-state index in [2.05, 4.69) is 10.6 Å². The van der Waals surface area contributed by atoms with Crippen molar-refractivity contribution in [1.29, 1.82) is 0 Å². The Labute approximate surface area is 147 Å². The van der Waals surface area contributed by atoms with Gasteiger partial charge >= 0.3 is 0 Å². The Morgan fingerprint density at radius 2 is 1.04 bits per heavy atom. The van der Waals surface area contributed by atoms with Crippen molar-refractivity contribution < 1.29 is 4.79 Å². The van der Waals surface area contributed by atoms with Crippen LogP contribution in [0.15, 0.2) is 0 Å². The molecule has 2 N–H and O–H groups in total. The van der Waals surface area contributed by atoms with Gasteiger partial charge in [-0.25, -0.2) is 0 Å². The second-order valence-electron chi connectivity index (χ2n) is 9.32. The molecular formula is C21H36N2O. The summed E-state index contributed by atoms with van der Waals surface area (Å²) in [6, 6.07) is 0. The van der Waals surface area contributed by atoms with E-state index in [1.165, 1.54) is 77.0 Å². The molecule has 2 saturated carbocycles. The van der Waals surface area contributed by atoms with Crippen molar-refractivity contribution in [3.63, 3.8) is 0 Å². The summed E-state index contributed by atoms with van der Waals surface area (Å²) in [5, 5.41) is 7.64. The lowest BCUT2D eigenvalue weighted by atomic mass is 9.70. The molecule has 0 amide bonds. The molecule has 24 heavy (non-hydrogen) atoms. The van der Waals surface area contributed by atoms with Crippen LogP contribution in [0.3, 0.4) is 0 Å². The average molecular weight is 333 g/mol. The van der Waals surface area contributed by atoms with Crippen LogP contribution < -0.4 is 10.6 Å². The number of rotatable bonds is 2. The van der Waals surface area contributed by atoms with Crippen LogP contribution in [-0.4, -0.2) is 30.0 Å². The van der Waals surface area contributed by atoms with Crippen molar-refractivity contribution in [2.75, 3.05) is 13.1 Å². The molecule has 0 aromatic carbocycles. The van der Waals surface area contributed by atoms with Crippen LogP contribution in [0.5, 0.6) is 0 Å². The van der Waals surface area contributed by atoms with Crippen LogP contribution in [0.4, 0.5) is 0 Å². The van der Waals surface area contributed by atoms with Gasteiger partial charge in [-0.05, 0) is 51.4 Å². The summed E-state index contributed by atoms with van der Waals surface area (Å²) in [7, 11) is 0. The fourth-order valence-corrected chi connectivity index (χ4v) is 6.09. The minimum Gasteiger partial charge on any atom is -0.311 e. The topological polar surface area (TPSA) is 41.1 Å². The van der Waals surface area contributed by atoms with Gasteiger partial charge in [0.2, 0.25) is 0 Å². The minimum absolute atomic E-state index is 0.282. The number of nitrogens with one attached hydrogen (secondary N) is 2. The van der Waals surface area contributed by atoms with Crippen LogP contribution in [0, 0.1) is 11.8 Å². The molecule has 0 aromatic heterocycles. The van der Waals surface area contributed by atoms with E-state index in [1.807, 2.05) is 0 Å². The van der Waals surface area contributed by atoms with E-state index in [9.17, 15) is 4.79 Å². The fourth-order valence-electron chi connectivity index (χ4n) is 6.09. The largest absolute Gasteiger partial charge is 0.311 e. The molecule has 4 aliphatic rings. The Balaban J connectivity index is 1.28. The summed E-state index contributed by atoms with van der Waals surface area (Å²) in [5.41, 5.74) is 0.790. The first kappa shape index (κ1) is 17.0. The van der Waals surface area contributed by atoms with Gasteiger partial charge in [0.25, 0.3) is 0 Å². The Morgan fingerprint density at radius 3 is 1.38 bits per heavy atom. The molecule has 0 bridgehead atoms. The first-order valence-corrected chi connectivity index (χ1v) is 10.7. The van der Waals surface area contributed by atoms with Gasteiger partial charge in [0.15, 0.2) is 0 Å². The molecule has 4 fully saturated rings. The van der Waals surface area contributed by atoms with Crippen LogP contribution >= 0.6 is 0 Å². The van der Waals surface area contributed by atoms with Crippen molar-refractivity contribution in [2.45, 2.75) is 101 Å². The van der Waals surface area contributed by atoms with Crippen molar-refractivity contribution in [2.24, 2.45) is 11.8 Å². The van der Waals surface area contributed by atoms with Crippen LogP contribution in [0.2, 0.25) is 0 Å². The summed E-state index contributed by atoms with van der Waals surface area (Å²) < 4.78 is 0. The monoisotopic (exact) mass is 332 g/mol. The smallest absolute Gasteiger partial charge is 0.141 e. The van der Waals surface area contributed by atoms with E-state index in [0.29, 0.717) is 16.9 Å². The molecule has 0 radical (unpaired) electrons. The van der Waals surface area contributed by atoms with Crippen LogP contribution in [0.25, 0.3) is 0 Å². The standard InChI is InChI=1S/C21H36N2O/c24-19(17-7-13-20(22-15-17)9-3-1-4-10-20)18-8-14-21(23-16-18)11-5-2-6-12-21/h17-18,22-23H,1-16H2. The van der Waals surface area contributed by atoms with E-state index in [-0.39, 0.29) is 11.8 Å². The second-order valence-corrected chi connectivity index (χ2v) is 9.32. The highest BCUT2D eigenvalue weighted by Gasteiger charge is 2.42. The third kappa shape index (κ3) is 3.44. The first-order chi connectivity index (χ1) is 11.7. The summed E-state index contributed by atoms with van der Waals surface area (Å²) in [6.07, 6.45) is 18.4. The zero-order valence-electron chi connectivity index (χ0n) is 15.4. The van der Waals surface area contributed by atoms with Crippen LogP contribution in [-0.2, 0) is 4.79 Å². The molecule has 2 saturated heterocycles. The molecular weight excluding hydrogens is 296 g/mol.